The number of aromatic amines is 1. The number of halogens is 1. The highest BCUT2D eigenvalue weighted by Gasteiger charge is 2.16. The van der Waals surface area contributed by atoms with Crippen LogP contribution in [0.4, 0.5) is 4.39 Å². The summed E-state index contributed by atoms with van der Waals surface area (Å²) in [4.78, 5) is 0. The van der Waals surface area contributed by atoms with Crippen molar-refractivity contribution in [2.75, 3.05) is 26.4 Å². The molecule has 1 atom stereocenters. The number of hydrogen-bond acceptors (Lipinski definition) is 5. The Bertz CT molecular complexity index is 876. The number of H-pyrrole nitrogens is 1. The highest BCUT2D eigenvalue weighted by Crippen LogP contribution is 2.31. The lowest BCUT2D eigenvalue weighted by Crippen LogP contribution is -2.21. The number of fused-ring (bicyclic) bond motifs is 4. The first-order valence-electron chi connectivity index (χ1n) is 8.23. The smallest absolute Gasteiger partial charge is 0.152 e. The van der Waals surface area contributed by atoms with Gasteiger partial charge in [-0.25, -0.2) is 4.39 Å². The van der Waals surface area contributed by atoms with Gasteiger partial charge in [0, 0.05) is 23.2 Å². The summed E-state index contributed by atoms with van der Waals surface area (Å²) in [6, 6.07) is 3.15. The van der Waals surface area contributed by atoms with Crippen molar-refractivity contribution in [1.29, 1.82) is 0 Å². The maximum Gasteiger partial charge on any atom is 0.152 e. The highest BCUT2D eigenvalue weighted by atomic mass is 19.1. The Morgan fingerprint density at radius 2 is 2.12 bits per heavy atom. The van der Waals surface area contributed by atoms with Crippen molar-refractivity contribution < 1.29 is 18.6 Å². The fraction of sp³-hybridized carbons (Fsp3) is 0.412. The average Bonchev–Trinajstić information content (AvgIpc) is 3.19. The normalized spacial score (nSPS) is 19.2. The first kappa shape index (κ1) is 16.0. The fourth-order valence-corrected chi connectivity index (χ4v) is 2.84. The van der Waals surface area contributed by atoms with Crippen LogP contribution in [0.3, 0.4) is 0 Å². The average molecular weight is 346 g/mol. The SMILES string of the molecule is C[C@@H]1COCCOCCn2cc(cn2)-c2n[nH]c3c(F)cc(cc23)O1. The molecule has 0 aliphatic carbocycles. The number of ether oxygens (including phenoxy) is 3. The van der Waals surface area contributed by atoms with Gasteiger partial charge in [-0.3, -0.25) is 9.78 Å². The highest BCUT2D eigenvalue weighted by molar-refractivity contribution is 5.93. The molecule has 4 rings (SSSR count). The Kier molecular flexibility index (Phi) is 4.37. The number of aromatic nitrogens is 4. The van der Waals surface area contributed by atoms with Crippen molar-refractivity contribution in [3.63, 3.8) is 0 Å². The van der Waals surface area contributed by atoms with Crippen molar-refractivity contribution in [3.8, 4) is 17.0 Å². The van der Waals surface area contributed by atoms with E-state index in [-0.39, 0.29) is 6.10 Å². The third-order valence-electron chi connectivity index (χ3n) is 4.03. The van der Waals surface area contributed by atoms with Gasteiger partial charge in [-0.15, -0.1) is 0 Å². The summed E-state index contributed by atoms with van der Waals surface area (Å²) < 4.78 is 33.0. The summed E-state index contributed by atoms with van der Waals surface area (Å²) in [5, 5.41) is 12.0. The van der Waals surface area contributed by atoms with E-state index in [1.165, 1.54) is 6.07 Å². The predicted molar refractivity (Wildman–Crippen MR) is 89.0 cm³/mol. The zero-order valence-electron chi connectivity index (χ0n) is 13.9. The molecule has 8 heteroatoms. The minimum absolute atomic E-state index is 0.206. The van der Waals surface area contributed by atoms with Gasteiger partial charge in [-0.2, -0.15) is 10.2 Å². The topological polar surface area (TPSA) is 74.2 Å². The van der Waals surface area contributed by atoms with Crippen LogP contribution in [-0.4, -0.2) is 52.5 Å². The third-order valence-corrected chi connectivity index (χ3v) is 4.03. The van der Waals surface area contributed by atoms with Gasteiger partial charge in [0.25, 0.3) is 0 Å². The van der Waals surface area contributed by atoms with E-state index in [1.807, 2.05) is 13.1 Å². The van der Waals surface area contributed by atoms with E-state index in [4.69, 9.17) is 14.2 Å². The van der Waals surface area contributed by atoms with Gasteiger partial charge in [0.1, 0.15) is 23.1 Å². The van der Waals surface area contributed by atoms with E-state index in [2.05, 4.69) is 15.3 Å². The molecule has 2 aromatic heterocycles. The van der Waals surface area contributed by atoms with Crippen LogP contribution in [0, 0.1) is 5.82 Å². The van der Waals surface area contributed by atoms with E-state index < -0.39 is 5.82 Å². The van der Waals surface area contributed by atoms with Crippen LogP contribution in [0.1, 0.15) is 6.92 Å². The van der Waals surface area contributed by atoms with E-state index in [9.17, 15) is 4.39 Å². The van der Waals surface area contributed by atoms with Gasteiger partial charge in [0.05, 0.1) is 39.2 Å². The molecule has 0 fully saturated rings. The van der Waals surface area contributed by atoms with E-state index in [1.54, 1.807) is 16.9 Å². The number of nitrogens with one attached hydrogen (secondary N) is 1. The zero-order chi connectivity index (χ0) is 17.2. The lowest BCUT2D eigenvalue weighted by Gasteiger charge is -2.15. The second kappa shape index (κ2) is 6.81. The molecule has 3 heterocycles. The molecule has 1 aliphatic rings. The fourth-order valence-electron chi connectivity index (χ4n) is 2.84. The Morgan fingerprint density at radius 3 is 3.04 bits per heavy atom. The van der Waals surface area contributed by atoms with Gasteiger partial charge in [-0.05, 0) is 13.0 Å². The molecular formula is C17H19FN4O3. The summed E-state index contributed by atoms with van der Waals surface area (Å²) >= 11 is 0. The Morgan fingerprint density at radius 1 is 1.24 bits per heavy atom. The summed E-state index contributed by atoms with van der Waals surface area (Å²) in [6.07, 6.45) is 3.38. The summed E-state index contributed by atoms with van der Waals surface area (Å²) in [6.45, 7) is 4.44. The Balaban J connectivity index is 1.76. The van der Waals surface area contributed by atoms with Crippen molar-refractivity contribution in [1.82, 2.24) is 20.0 Å². The molecule has 1 aliphatic heterocycles. The lowest BCUT2D eigenvalue weighted by atomic mass is 10.1. The lowest BCUT2D eigenvalue weighted by molar-refractivity contribution is 0.0143. The van der Waals surface area contributed by atoms with Crippen LogP contribution in [0.25, 0.3) is 22.2 Å². The van der Waals surface area contributed by atoms with Crippen LogP contribution >= 0.6 is 0 Å². The minimum atomic E-state index is -0.402. The molecule has 0 unspecified atom stereocenters. The zero-order valence-corrected chi connectivity index (χ0v) is 13.9. The van der Waals surface area contributed by atoms with Crippen molar-refractivity contribution in [2.45, 2.75) is 19.6 Å². The third kappa shape index (κ3) is 3.35. The van der Waals surface area contributed by atoms with Gasteiger partial charge < -0.3 is 14.2 Å². The van der Waals surface area contributed by atoms with E-state index in [0.29, 0.717) is 55.3 Å². The molecule has 0 amide bonds. The van der Waals surface area contributed by atoms with Crippen molar-refractivity contribution >= 4 is 10.9 Å². The molecule has 7 nitrogen and oxygen atoms in total. The molecular weight excluding hydrogens is 327 g/mol. The van der Waals surface area contributed by atoms with Gasteiger partial charge in [0.15, 0.2) is 5.82 Å². The molecule has 132 valence electrons. The van der Waals surface area contributed by atoms with Crippen LogP contribution in [-0.2, 0) is 16.0 Å². The molecule has 0 saturated carbocycles. The summed E-state index contributed by atoms with van der Waals surface area (Å²) in [5.74, 6) is 0.0424. The summed E-state index contributed by atoms with van der Waals surface area (Å²) in [5.41, 5.74) is 1.80. The first-order chi connectivity index (χ1) is 12.2. The molecule has 0 spiro atoms. The predicted octanol–water partition coefficient (Wildman–Crippen LogP) is 2.38. The maximum absolute atomic E-state index is 14.4. The van der Waals surface area contributed by atoms with Crippen molar-refractivity contribution in [3.05, 3.63) is 30.3 Å². The quantitative estimate of drug-likeness (QED) is 0.676. The van der Waals surface area contributed by atoms with E-state index in [0.717, 1.165) is 5.56 Å². The molecule has 3 aromatic rings. The van der Waals surface area contributed by atoms with Crippen LogP contribution in [0.15, 0.2) is 24.5 Å². The molecule has 1 aromatic carbocycles. The number of hydrogen-bond donors (Lipinski definition) is 1. The summed E-state index contributed by atoms with van der Waals surface area (Å²) in [7, 11) is 0. The first-order valence-corrected chi connectivity index (χ1v) is 8.23. The number of rotatable bonds is 0. The second-order valence-electron chi connectivity index (χ2n) is 6.01. The largest absolute Gasteiger partial charge is 0.488 e. The maximum atomic E-state index is 14.4. The van der Waals surface area contributed by atoms with Crippen LogP contribution in [0.5, 0.6) is 5.75 Å². The Labute approximate surface area is 143 Å². The molecule has 1 N–H and O–H groups in total. The van der Waals surface area contributed by atoms with Crippen LogP contribution in [0.2, 0.25) is 0 Å². The number of nitrogens with zero attached hydrogens (tertiary/aromatic N) is 3. The molecule has 4 bridgehead atoms. The monoisotopic (exact) mass is 346 g/mol. The van der Waals surface area contributed by atoms with Gasteiger partial charge >= 0.3 is 0 Å². The van der Waals surface area contributed by atoms with Crippen molar-refractivity contribution in [2.24, 2.45) is 0 Å². The molecule has 25 heavy (non-hydrogen) atoms. The van der Waals surface area contributed by atoms with E-state index >= 15 is 0 Å². The van der Waals surface area contributed by atoms with Gasteiger partial charge in [0.2, 0.25) is 0 Å². The Hall–Kier alpha value is -2.45. The molecule has 0 saturated heterocycles. The molecule has 0 radical (unpaired) electrons. The number of benzene rings is 1. The minimum Gasteiger partial charge on any atom is -0.488 e. The standard InChI is InChI=1S/C17H19FN4O3/c1-11-10-24-5-4-23-3-2-22-9-12(8-19-22)16-14-6-13(25-11)7-15(18)17(14)21-20-16/h6-9,11H,2-5,10H2,1H3,(H,20,21)/t11-/m1/s1. The second-order valence-corrected chi connectivity index (χ2v) is 6.01. The van der Waals surface area contributed by atoms with Crippen LogP contribution < -0.4 is 4.74 Å². The van der Waals surface area contributed by atoms with Gasteiger partial charge in [-0.1, -0.05) is 0 Å².